The van der Waals surface area contributed by atoms with Crippen LogP contribution in [-0.2, 0) is 4.79 Å². The van der Waals surface area contributed by atoms with Crippen LogP contribution < -0.4 is 10.2 Å². The van der Waals surface area contributed by atoms with Gasteiger partial charge in [-0.3, -0.25) is 4.79 Å². The SMILES string of the molecule is O=C(CSc1ccccc1)Nc1ccccc1N1CCC(O)CC1. The minimum Gasteiger partial charge on any atom is -0.393 e. The molecule has 0 aromatic heterocycles. The molecule has 126 valence electrons. The minimum atomic E-state index is -0.203. The van der Waals surface area contributed by atoms with E-state index in [1.54, 1.807) is 0 Å². The number of rotatable bonds is 5. The highest BCUT2D eigenvalue weighted by atomic mass is 32.2. The molecule has 0 radical (unpaired) electrons. The Bertz CT molecular complexity index is 670. The molecule has 1 fully saturated rings. The van der Waals surface area contributed by atoms with E-state index in [9.17, 15) is 9.90 Å². The van der Waals surface area contributed by atoms with Crippen LogP contribution in [0.3, 0.4) is 0 Å². The fraction of sp³-hybridized carbons (Fsp3) is 0.316. The number of thioether (sulfide) groups is 1. The van der Waals surface area contributed by atoms with E-state index < -0.39 is 0 Å². The van der Waals surface area contributed by atoms with Crippen LogP contribution in [0, 0.1) is 0 Å². The number of nitrogens with one attached hydrogen (secondary N) is 1. The van der Waals surface area contributed by atoms with Gasteiger partial charge in [0.1, 0.15) is 0 Å². The molecule has 1 saturated heterocycles. The third kappa shape index (κ3) is 4.52. The summed E-state index contributed by atoms with van der Waals surface area (Å²) in [6, 6.07) is 17.8. The van der Waals surface area contributed by atoms with Gasteiger partial charge in [0.05, 0.1) is 23.2 Å². The van der Waals surface area contributed by atoms with Crippen LogP contribution in [0.2, 0.25) is 0 Å². The number of amides is 1. The molecule has 0 spiro atoms. The predicted octanol–water partition coefficient (Wildman–Crippen LogP) is 3.38. The van der Waals surface area contributed by atoms with Gasteiger partial charge in [0.15, 0.2) is 0 Å². The molecule has 1 aliphatic heterocycles. The summed E-state index contributed by atoms with van der Waals surface area (Å²) in [5, 5.41) is 12.7. The highest BCUT2D eigenvalue weighted by molar-refractivity contribution is 8.00. The van der Waals surface area contributed by atoms with E-state index in [1.165, 1.54) is 11.8 Å². The molecular formula is C19H22N2O2S. The van der Waals surface area contributed by atoms with Crippen LogP contribution in [0.5, 0.6) is 0 Å². The lowest BCUT2D eigenvalue weighted by atomic mass is 10.1. The monoisotopic (exact) mass is 342 g/mol. The number of hydrogen-bond donors (Lipinski definition) is 2. The maximum absolute atomic E-state index is 12.3. The molecule has 2 N–H and O–H groups in total. The van der Waals surface area contributed by atoms with Gasteiger partial charge in [-0.15, -0.1) is 11.8 Å². The first-order valence-electron chi connectivity index (χ1n) is 8.22. The standard InChI is InChI=1S/C19H22N2O2S/c22-15-10-12-21(13-11-15)18-9-5-4-8-17(18)20-19(23)14-24-16-6-2-1-3-7-16/h1-9,15,22H,10-14H2,(H,20,23). The molecule has 5 heteroatoms. The Hall–Kier alpha value is -1.98. The number of aliphatic hydroxyl groups is 1. The number of para-hydroxylation sites is 2. The molecule has 3 rings (SSSR count). The Morgan fingerprint density at radius 2 is 1.75 bits per heavy atom. The first kappa shape index (κ1) is 16.9. The van der Waals surface area contributed by atoms with Gasteiger partial charge in [-0.1, -0.05) is 30.3 Å². The van der Waals surface area contributed by atoms with Gasteiger partial charge in [0, 0.05) is 18.0 Å². The number of hydrogen-bond acceptors (Lipinski definition) is 4. The van der Waals surface area contributed by atoms with Crippen molar-refractivity contribution in [1.82, 2.24) is 0 Å². The lowest BCUT2D eigenvalue weighted by Gasteiger charge is -2.32. The van der Waals surface area contributed by atoms with E-state index in [0.29, 0.717) is 5.75 Å². The largest absolute Gasteiger partial charge is 0.393 e. The van der Waals surface area contributed by atoms with Gasteiger partial charge < -0.3 is 15.3 Å². The van der Waals surface area contributed by atoms with E-state index in [1.807, 2.05) is 54.6 Å². The highest BCUT2D eigenvalue weighted by Crippen LogP contribution is 2.28. The summed E-state index contributed by atoms with van der Waals surface area (Å²) in [6.07, 6.45) is 1.34. The molecular weight excluding hydrogens is 320 g/mol. The average Bonchev–Trinajstić information content (AvgIpc) is 2.62. The van der Waals surface area contributed by atoms with Crippen molar-refractivity contribution >= 4 is 29.0 Å². The van der Waals surface area contributed by atoms with Crippen molar-refractivity contribution < 1.29 is 9.90 Å². The summed E-state index contributed by atoms with van der Waals surface area (Å²) >= 11 is 1.53. The van der Waals surface area contributed by atoms with Gasteiger partial charge in [-0.25, -0.2) is 0 Å². The molecule has 4 nitrogen and oxygen atoms in total. The molecule has 0 saturated carbocycles. The first-order valence-corrected chi connectivity index (χ1v) is 9.20. The second kappa shape index (κ2) is 8.22. The molecule has 0 bridgehead atoms. The van der Waals surface area contributed by atoms with Crippen molar-refractivity contribution in [2.45, 2.75) is 23.8 Å². The third-order valence-electron chi connectivity index (χ3n) is 4.10. The second-order valence-electron chi connectivity index (χ2n) is 5.89. The van der Waals surface area contributed by atoms with E-state index >= 15 is 0 Å². The topological polar surface area (TPSA) is 52.6 Å². The Morgan fingerprint density at radius 1 is 1.08 bits per heavy atom. The van der Waals surface area contributed by atoms with Crippen molar-refractivity contribution in [2.24, 2.45) is 0 Å². The van der Waals surface area contributed by atoms with Gasteiger partial charge in [-0.2, -0.15) is 0 Å². The summed E-state index contributed by atoms with van der Waals surface area (Å²) in [4.78, 5) is 15.6. The molecule has 1 heterocycles. The van der Waals surface area contributed by atoms with Gasteiger partial charge in [0.25, 0.3) is 0 Å². The van der Waals surface area contributed by atoms with Crippen LogP contribution in [0.1, 0.15) is 12.8 Å². The van der Waals surface area contributed by atoms with Gasteiger partial charge >= 0.3 is 0 Å². The lowest BCUT2D eigenvalue weighted by Crippen LogP contribution is -2.36. The summed E-state index contributed by atoms with van der Waals surface area (Å²) in [5.41, 5.74) is 1.87. The number of anilines is 2. The molecule has 0 aliphatic carbocycles. The zero-order chi connectivity index (χ0) is 16.8. The Morgan fingerprint density at radius 3 is 2.50 bits per heavy atom. The van der Waals surface area contributed by atoms with Crippen molar-refractivity contribution in [3.63, 3.8) is 0 Å². The Kier molecular flexibility index (Phi) is 5.77. The smallest absolute Gasteiger partial charge is 0.234 e. The number of aliphatic hydroxyl groups excluding tert-OH is 1. The fourth-order valence-electron chi connectivity index (χ4n) is 2.81. The van der Waals surface area contributed by atoms with Crippen LogP contribution in [-0.4, -0.2) is 36.0 Å². The van der Waals surface area contributed by atoms with Crippen molar-refractivity contribution in [2.75, 3.05) is 29.1 Å². The van der Waals surface area contributed by atoms with E-state index in [0.717, 1.165) is 42.2 Å². The molecule has 2 aromatic carbocycles. The average molecular weight is 342 g/mol. The maximum Gasteiger partial charge on any atom is 0.234 e. The van der Waals surface area contributed by atoms with Gasteiger partial charge in [-0.05, 0) is 37.1 Å². The quantitative estimate of drug-likeness (QED) is 0.818. The van der Waals surface area contributed by atoms with Gasteiger partial charge in [0.2, 0.25) is 5.91 Å². The first-order chi connectivity index (χ1) is 11.7. The van der Waals surface area contributed by atoms with Crippen molar-refractivity contribution in [1.29, 1.82) is 0 Å². The Labute approximate surface area is 146 Å². The Balaban J connectivity index is 1.61. The number of piperidine rings is 1. The molecule has 24 heavy (non-hydrogen) atoms. The van der Waals surface area contributed by atoms with Crippen molar-refractivity contribution in [3.05, 3.63) is 54.6 Å². The van der Waals surface area contributed by atoms with Crippen LogP contribution in [0.25, 0.3) is 0 Å². The maximum atomic E-state index is 12.3. The third-order valence-corrected chi connectivity index (χ3v) is 5.11. The van der Waals surface area contributed by atoms with E-state index in [4.69, 9.17) is 0 Å². The zero-order valence-corrected chi connectivity index (χ0v) is 14.3. The normalized spacial score (nSPS) is 15.3. The summed E-state index contributed by atoms with van der Waals surface area (Å²) in [5.74, 6) is 0.380. The number of carbonyl (C=O) groups excluding carboxylic acids is 1. The number of nitrogens with zero attached hydrogens (tertiary/aromatic N) is 1. The zero-order valence-electron chi connectivity index (χ0n) is 13.5. The molecule has 1 aliphatic rings. The van der Waals surface area contributed by atoms with E-state index in [-0.39, 0.29) is 12.0 Å². The molecule has 0 atom stereocenters. The summed E-state index contributed by atoms with van der Waals surface area (Å²) in [6.45, 7) is 1.62. The highest BCUT2D eigenvalue weighted by Gasteiger charge is 2.19. The summed E-state index contributed by atoms with van der Waals surface area (Å²) < 4.78 is 0. The summed E-state index contributed by atoms with van der Waals surface area (Å²) in [7, 11) is 0. The molecule has 0 unspecified atom stereocenters. The van der Waals surface area contributed by atoms with Crippen LogP contribution in [0.4, 0.5) is 11.4 Å². The predicted molar refractivity (Wildman–Crippen MR) is 99.7 cm³/mol. The number of benzene rings is 2. The molecule has 2 aromatic rings. The van der Waals surface area contributed by atoms with Crippen molar-refractivity contribution in [3.8, 4) is 0 Å². The van der Waals surface area contributed by atoms with Crippen LogP contribution in [0.15, 0.2) is 59.5 Å². The van der Waals surface area contributed by atoms with E-state index in [2.05, 4.69) is 10.2 Å². The lowest BCUT2D eigenvalue weighted by molar-refractivity contribution is -0.113. The number of carbonyl (C=O) groups is 1. The van der Waals surface area contributed by atoms with Crippen LogP contribution >= 0.6 is 11.8 Å². The molecule has 1 amide bonds. The fourth-order valence-corrected chi connectivity index (χ4v) is 3.53. The minimum absolute atomic E-state index is 0.00616. The second-order valence-corrected chi connectivity index (χ2v) is 6.93.